The van der Waals surface area contributed by atoms with E-state index in [1.165, 1.54) is 0 Å². The number of carbonyl (C=O) groups is 3. The van der Waals surface area contributed by atoms with E-state index >= 15 is 0 Å². The van der Waals surface area contributed by atoms with Crippen LogP contribution in [0.5, 0.6) is 0 Å². The van der Waals surface area contributed by atoms with Gasteiger partial charge in [-0.15, -0.1) is 0 Å². The van der Waals surface area contributed by atoms with Crippen molar-refractivity contribution >= 4 is 17.9 Å². The van der Waals surface area contributed by atoms with Crippen LogP contribution in [0.25, 0.3) is 0 Å². The van der Waals surface area contributed by atoms with E-state index in [2.05, 4.69) is 22.6 Å². The normalized spacial score (nSPS) is 10.1. The number of rotatable bonds is 6. The summed E-state index contributed by atoms with van der Waals surface area (Å²) in [5.74, 6) is -1.94. The minimum atomic E-state index is -0.842. The standard InChI is InChI=1S/C9H13NO4.C2H4O2/c1-3-13-8(11)6-5-7(10)9(12)14-4-2;1-2(3)4/h3-4,7H,1-2,5-6,10H2;1H3,(H,3,4)/t7-;/m0./s1. The fraction of sp³-hybridized carbons (Fsp3) is 0.364. The Morgan fingerprint density at radius 3 is 2.11 bits per heavy atom. The molecule has 0 aliphatic heterocycles. The van der Waals surface area contributed by atoms with Crippen LogP contribution in [0, 0.1) is 0 Å². The lowest BCUT2D eigenvalue weighted by atomic mass is 10.2. The molecule has 0 rings (SSSR count). The molecule has 18 heavy (non-hydrogen) atoms. The van der Waals surface area contributed by atoms with Gasteiger partial charge >= 0.3 is 11.9 Å². The highest BCUT2D eigenvalue weighted by Crippen LogP contribution is 1.99. The number of carbonyl (C=O) groups excluding carboxylic acids is 2. The summed E-state index contributed by atoms with van der Waals surface area (Å²) in [6.45, 7) is 7.50. The van der Waals surface area contributed by atoms with E-state index in [0.29, 0.717) is 0 Å². The first kappa shape index (κ1) is 18.2. The highest BCUT2D eigenvalue weighted by molar-refractivity contribution is 5.77. The Morgan fingerprint density at radius 2 is 1.72 bits per heavy atom. The highest BCUT2D eigenvalue weighted by Gasteiger charge is 2.15. The monoisotopic (exact) mass is 259 g/mol. The lowest BCUT2D eigenvalue weighted by Crippen LogP contribution is -2.31. The molecule has 0 spiro atoms. The highest BCUT2D eigenvalue weighted by atomic mass is 16.5. The molecule has 0 amide bonds. The molecule has 0 fully saturated rings. The van der Waals surface area contributed by atoms with Crippen LogP contribution in [0.4, 0.5) is 0 Å². The van der Waals surface area contributed by atoms with Crippen LogP contribution < -0.4 is 5.73 Å². The summed E-state index contributed by atoms with van der Waals surface area (Å²) in [5, 5.41) is 7.42. The van der Waals surface area contributed by atoms with Gasteiger partial charge in [-0.2, -0.15) is 0 Å². The molecule has 102 valence electrons. The maximum atomic E-state index is 10.9. The van der Waals surface area contributed by atoms with Crippen LogP contribution >= 0.6 is 0 Å². The second-order valence-electron chi connectivity index (χ2n) is 2.92. The maximum absolute atomic E-state index is 10.9. The van der Waals surface area contributed by atoms with Crippen molar-refractivity contribution in [2.75, 3.05) is 0 Å². The molecule has 0 aliphatic carbocycles. The third-order valence-electron chi connectivity index (χ3n) is 1.38. The number of esters is 2. The summed E-state index contributed by atoms with van der Waals surface area (Å²) in [6, 6.07) is -0.842. The number of ether oxygens (including phenoxy) is 2. The summed E-state index contributed by atoms with van der Waals surface area (Å²) < 4.78 is 8.85. The van der Waals surface area contributed by atoms with Crippen LogP contribution in [0.2, 0.25) is 0 Å². The van der Waals surface area contributed by atoms with Gasteiger partial charge in [0.15, 0.2) is 0 Å². The number of carboxylic acids is 1. The predicted octanol–water partition coefficient (Wildman–Crippen LogP) is 0.558. The first-order chi connectivity index (χ1) is 8.34. The third kappa shape index (κ3) is 13.8. The Labute approximate surface area is 105 Å². The van der Waals surface area contributed by atoms with E-state index < -0.39 is 23.9 Å². The van der Waals surface area contributed by atoms with Crippen molar-refractivity contribution in [3.05, 3.63) is 25.7 Å². The molecular weight excluding hydrogens is 242 g/mol. The van der Waals surface area contributed by atoms with Crippen molar-refractivity contribution < 1.29 is 29.0 Å². The van der Waals surface area contributed by atoms with Gasteiger partial charge in [0.1, 0.15) is 6.04 Å². The average molecular weight is 259 g/mol. The summed E-state index contributed by atoms with van der Waals surface area (Å²) in [5.41, 5.74) is 5.39. The van der Waals surface area contributed by atoms with Crippen LogP contribution in [0.15, 0.2) is 25.7 Å². The molecule has 0 saturated carbocycles. The molecule has 1 atom stereocenters. The second-order valence-corrected chi connectivity index (χ2v) is 2.92. The Bertz CT molecular complexity index is 309. The summed E-state index contributed by atoms with van der Waals surface area (Å²) in [7, 11) is 0. The summed E-state index contributed by atoms with van der Waals surface area (Å²) >= 11 is 0. The molecule has 0 aromatic rings. The smallest absolute Gasteiger partial charge is 0.327 e. The molecule has 3 N–H and O–H groups in total. The first-order valence-electron chi connectivity index (χ1n) is 4.92. The van der Waals surface area contributed by atoms with E-state index in [1.807, 2.05) is 0 Å². The van der Waals surface area contributed by atoms with Crippen molar-refractivity contribution in [3.8, 4) is 0 Å². The molecule has 0 aliphatic rings. The molecule has 0 aromatic carbocycles. The average Bonchev–Trinajstić information content (AvgIpc) is 2.25. The van der Waals surface area contributed by atoms with Crippen molar-refractivity contribution in [1.29, 1.82) is 0 Å². The molecule has 0 unspecified atom stereocenters. The zero-order chi connectivity index (χ0) is 14.6. The SMILES string of the molecule is C=COC(=O)CC[C@H](N)C(=O)OC=C.CC(=O)O. The Kier molecular flexibility index (Phi) is 11.5. The van der Waals surface area contributed by atoms with E-state index in [4.69, 9.17) is 15.6 Å². The molecule has 0 saturated heterocycles. The third-order valence-corrected chi connectivity index (χ3v) is 1.38. The van der Waals surface area contributed by atoms with Gasteiger partial charge in [-0.3, -0.25) is 9.59 Å². The van der Waals surface area contributed by atoms with Crippen molar-refractivity contribution in [2.45, 2.75) is 25.8 Å². The molecule has 0 bridgehead atoms. The number of aliphatic carboxylic acids is 1. The zero-order valence-corrected chi connectivity index (χ0v) is 10.1. The first-order valence-corrected chi connectivity index (χ1v) is 4.92. The van der Waals surface area contributed by atoms with Crippen LogP contribution in [-0.4, -0.2) is 29.1 Å². The summed E-state index contributed by atoms with van der Waals surface area (Å²) in [6.07, 6.45) is 2.22. The fourth-order valence-corrected chi connectivity index (χ4v) is 0.713. The maximum Gasteiger partial charge on any atom is 0.327 e. The lowest BCUT2D eigenvalue weighted by Gasteiger charge is -2.07. The lowest BCUT2D eigenvalue weighted by molar-refractivity contribution is -0.141. The Morgan fingerprint density at radius 1 is 1.28 bits per heavy atom. The topological polar surface area (TPSA) is 116 Å². The Balaban J connectivity index is 0. The van der Waals surface area contributed by atoms with Crippen molar-refractivity contribution in [2.24, 2.45) is 5.73 Å². The van der Waals surface area contributed by atoms with Gasteiger partial charge in [0.2, 0.25) is 0 Å². The van der Waals surface area contributed by atoms with Gasteiger partial charge < -0.3 is 20.3 Å². The zero-order valence-electron chi connectivity index (χ0n) is 10.1. The van der Waals surface area contributed by atoms with Gasteiger partial charge in [0.05, 0.1) is 12.5 Å². The Hall–Kier alpha value is -2.15. The largest absolute Gasteiger partial charge is 0.481 e. The van der Waals surface area contributed by atoms with Gasteiger partial charge in [0.25, 0.3) is 5.97 Å². The van der Waals surface area contributed by atoms with Crippen LogP contribution in [0.1, 0.15) is 19.8 Å². The van der Waals surface area contributed by atoms with Crippen LogP contribution in [-0.2, 0) is 23.9 Å². The van der Waals surface area contributed by atoms with E-state index in [1.54, 1.807) is 0 Å². The molecule has 0 radical (unpaired) electrons. The molecule has 7 heteroatoms. The predicted molar refractivity (Wildman–Crippen MR) is 63.1 cm³/mol. The van der Waals surface area contributed by atoms with Gasteiger partial charge in [-0.25, -0.2) is 4.79 Å². The van der Waals surface area contributed by atoms with Gasteiger partial charge in [-0.1, -0.05) is 13.2 Å². The molecule has 0 aromatic heterocycles. The van der Waals surface area contributed by atoms with Crippen molar-refractivity contribution in [3.63, 3.8) is 0 Å². The van der Waals surface area contributed by atoms with E-state index in [0.717, 1.165) is 19.4 Å². The molecular formula is C11H17NO6. The van der Waals surface area contributed by atoms with Gasteiger partial charge in [-0.05, 0) is 6.42 Å². The quantitative estimate of drug-likeness (QED) is 0.528. The minimum absolute atomic E-state index is 0.0411. The van der Waals surface area contributed by atoms with E-state index in [-0.39, 0.29) is 12.8 Å². The minimum Gasteiger partial charge on any atom is -0.481 e. The number of nitrogens with two attached hydrogens (primary N) is 1. The number of hydrogen-bond acceptors (Lipinski definition) is 6. The molecule has 7 nitrogen and oxygen atoms in total. The van der Waals surface area contributed by atoms with Crippen LogP contribution in [0.3, 0.4) is 0 Å². The molecule has 0 heterocycles. The van der Waals surface area contributed by atoms with Crippen molar-refractivity contribution in [1.82, 2.24) is 0 Å². The van der Waals surface area contributed by atoms with E-state index in [9.17, 15) is 9.59 Å². The summed E-state index contributed by atoms with van der Waals surface area (Å²) in [4.78, 5) is 30.7. The second kappa shape index (κ2) is 11.3. The number of hydrogen-bond donors (Lipinski definition) is 2. The number of carboxylic acid groups (broad SMARTS) is 1. The van der Waals surface area contributed by atoms with Gasteiger partial charge in [0, 0.05) is 13.3 Å². The fourth-order valence-electron chi connectivity index (χ4n) is 0.713.